The summed E-state index contributed by atoms with van der Waals surface area (Å²) in [5.74, 6) is -0.460. The molecule has 1 atom stereocenters. The summed E-state index contributed by atoms with van der Waals surface area (Å²) in [6, 6.07) is 14.8. The smallest absolute Gasteiger partial charge is 0.335 e. The SMILES string of the molecule is Cc1c(OCCNC[C@@H](O)c2ccc(O)c(NS(C)(=O)=O)c2)ccc(-c2ccc(C(=O)O)cc2)c1C. The minimum atomic E-state index is -3.57. The molecule has 3 rings (SSSR count). The molecule has 0 saturated carbocycles. The standard InChI is InChI=1S/C26H30N2O7S/c1-16-17(2)25(11-9-21(16)18-4-6-19(7-5-18)26(31)32)35-13-12-27-15-24(30)20-8-10-23(29)22(14-20)28-36(3,33)34/h4-11,14,24,27-30H,12-13,15H2,1-3H3,(H,31,32)/t24-/m1/s1. The number of carboxylic acid groups (broad SMARTS) is 1. The topological polar surface area (TPSA) is 145 Å². The summed E-state index contributed by atoms with van der Waals surface area (Å²) in [6.45, 7) is 4.97. The maximum Gasteiger partial charge on any atom is 0.335 e. The number of nitrogens with one attached hydrogen (secondary N) is 2. The van der Waals surface area contributed by atoms with Gasteiger partial charge in [-0.15, -0.1) is 0 Å². The van der Waals surface area contributed by atoms with E-state index in [1.54, 1.807) is 24.3 Å². The third-order valence-electron chi connectivity index (χ3n) is 5.76. The van der Waals surface area contributed by atoms with Crippen molar-refractivity contribution in [3.05, 3.63) is 76.9 Å². The Balaban J connectivity index is 1.54. The summed E-state index contributed by atoms with van der Waals surface area (Å²) in [7, 11) is -3.57. The van der Waals surface area contributed by atoms with Gasteiger partial charge in [0.15, 0.2) is 0 Å². The molecule has 0 aromatic heterocycles. The molecule has 0 spiro atoms. The Morgan fingerprint density at radius 3 is 2.36 bits per heavy atom. The van der Waals surface area contributed by atoms with Crippen LogP contribution < -0.4 is 14.8 Å². The van der Waals surface area contributed by atoms with Gasteiger partial charge in [-0.2, -0.15) is 0 Å². The molecule has 0 aliphatic carbocycles. The molecule has 36 heavy (non-hydrogen) atoms. The van der Waals surface area contributed by atoms with E-state index >= 15 is 0 Å². The summed E-state index contributed by atoms with van der Waals surface area (Å²) in [6.07, 6.45) is 0.0633. The number of rotatable bonds is 11. The number of hydrogen-bond donors (Lipinski definition) is 5. The molecule has 192 valence electrons. The average molecular weight is 515 g/mol. The largest absolute Gasteiger partial charge is 0.506 e. The summed E-state index contributed by atoms with van der Waals surface area (Å²) >= 11 is 0. The molecule has 0 bridgehead atoms. The van der Waals surface area contributed by atoms with Crippen LogP contribution in [0.3, 0.4) is 0 Å². The zero-order valence-electron chi connectivity index (χ0n) is 20.3. The van der Waals surface area contributed by atoms with Gasteiger partial charge in [0.05, 0.1) is 23.6 Å². The van der Waals surface area contributed by atoms with Gasteiger partial charge in [0.2, 0.25) is 10.0 Å². The van der Waals surface area contributed by atoms with Crippen molar-refractivity contribution in [3.8, 4) is 22.6 Å². The predicted molar refractivity (Wildman–Crippen MR) is 138 cm³/mol. The van der Waals surface area contributed by atoms with Gasteiger partial charge in [0, 0.05) is 13.1 Å². The molecule has 3 aromatic carbocycles. The number of sulfonamides is 1. The number of aromatic hydroxyl groups is 1. The van der Waals surface area contributed by atoms with Crippen LogP contribution in [0.5, 0.6) is 11.5 Å². The molecule has 0 aliphatic heterocycles. The van der Waals surface area contributed by atoms with Gasteiger partial charge in [-0.05, 0) is 72.0 Å². The molecular weight excluding hydrogens is 484 g/mol. The average Bonchev–Trinajstić information content (AvgIpc) is 2.82. The first-order chi connectivity index (χ1) is 17.0. The van der Waals surface area contributed by atoms with E-state index < -0.39 is 22.1 Å². The Morgan fingerprint density at radius 2 is 1.72 bits per heavy atom. The van der Waals surface area contributed by atoms with Crippen LogP contribution in [0, 0.1) is 13.8 Å². The van der Waals surface area contributed by atoms with Crippen LogP contribution in [-0.4, -0.2) is 55.7 Å². The fraction of sp³-hybridized carbons (Fsp3) is 0.269. The van der Waals surface area contributed by atoms with E-state index in [9.17, 15) is 23.4 Å². The highest BCUT2D eigenvalue weighted by Crippen LogP contribution is 2.31. The lowest BCUT2D eigenvalue weighted by Gasteiger charge is -2.16. The number of benzene rings is 3. The Kier molecular flexibility index (Phi) is 8.57. The number of carbonyl (C=O) groups is 1. The molecule has 10 heteroatoms. The molecule has 0 fully saturated rings. The Bertz CT molecular complexity index is 1340. The van der Waals surface area contributed by atoms with E-state index in [1.165, 1.54) is 18.2 Å². The number of phenols is 1. The van der Waals surface area contributed by atoms with Crippen LogP contribution in [-0.2, 0) is 10.0 Å². The molecule has 0 aliphatic rings. The summed E-state index contributed by atoms with van der Waals surface area (Å²) in [4.78, 5) is 11.1. The fourth-order valence-electron chi connectivity index (χ4n) is 3.69. The maximum absolute atomic E-state index is 11.4. The number of hydrogen-bond acceptors (Lipinski definition) is 7. The normalized spacial score (nSPS) is 12.2. The molecule has 5 N–H and O–H groups in total. The number of ether oxygens (including phenoxy) is 1. The number of aliphatic hydroxyl groups excluding tert-OH is 1. The molecule has 0 radical (unpaired) electrons. The molecule has 0 amide bonds. The molecule has 0 unspecified atom stereocenters. The van der Waals surface area contributed by atoms with Gasteiger partial charge in [0.25, 0.3) is 0 Å². The van der Waals surface area contributed by atoms with Gasteiger partial charge < -0.3 is 25.4 Å². The first-order valence-corrected chi connectivity index (χ1v) is 13.1. The number of carboxylic acids is 1. The monoisotopic (exact) mass is 514 g/mol. The van der Waals surface area contributed by atoms with Gasteiger partial charge in [-0.3, -0.25) is 4.72 Å². The van der Waals surface area contributed by atoms with E-state index in [4.69, 9.17) is 9.84 Å². The highest BCUT2D eigenvalue weighted by molar-refractivity contribution is 7.92. The number of aliphatic hydroxyl groups is 1. The summed E-state index contributed by atoms with van der Waals surface area (Å²) < 4.78 is 31.0. The fourth-order valence-corrected chi connectivity index (χ4v) is 4.25. The van der Waals surface area contributed by atoms with Crippen LogP contribution in [0.4, 0.5) is 5.69 Å². The Labute approximate surface area is 210 Å². The third-order valence-corrected chi connectivity index (χ3v) is 6.35. The van der Waals surface area contributed by atoms with Crippen molar-refractivity contribution in [2.75, 3.05) is 30.7 Å². The Hall–Kier alpha value is -3.60. The second kappa shape index (κ2) is 11.4. The van der Waals surface area contributed by atoms with Crippen molar-refractivity contribution in [2.45, 2.75) is 20.0 Å². The van der Waals surface area contributed by atoms with Crippen LogP contribution in [0.2, 0.25) is 0 Å². The summed E-state index contributed by atoms with van der Waals surface area (Å²) in [5, 5.41) is 32.4. The number of aromatic carboxylic acids is 1. The lowest BCUT2D eigenvalue weighted by atomic mass is 9.96. The van der Waals surface area contributed by atoms with Crippen LogP contribution in [0.15, 0.2) is 54.6 Å². The molecule has 0 saturated heterocycles. The lowest BCUT2D eigenvalue weighted by Crippen LogP contribution is -2.26. The first kappa shape index (κ1) is 27.0. The van der Waals surface area contributed by atoms with Gasteiger partial charge in [-0.25, -0.2) is 13.2 Å². The highest BCUT2D eigenvalue weighted by Gasteiger charge is 2.14. The second-order valence-electron chi connectivity index (χ2n) is 8.46. The van der Waals surface area contributed by atoms with Crippen molar-refractivity contribution in [1.29, 1.82) is 0 Å². The van der Waals surface area contributed by atoms with Gasteiger partial charge in [0.1, 0.15) is 18.1 Å². The molecular formula is C26H30N2O7S. The van der Waals surface area contributed by atoms with Gasteiger partial charge >= 0.3 is 5.97 Å². The third kappa shape index (κ3) is 6.97. The van der Waals surface area contributed by atoms with E-state index in [-0.39, 0.29) is 23.5 Å². The van der Waals surface area contributed by atoms with Crippen molar-refractivity contribution < 1.29 is 33.3 Å². The highest BCUT2D eigenvalue weighted by atomic mass is 32.2. The van der Waals surface area contributed by atoms with Crippen LogP contribution in [0.25, 0.3) is 11.1 Å². The van der Waals surface area contributed by atoms with Crippen molar-refractivity contribution in [3.63, 3.8) is 0 Å². The number of phenolic OH excluding ortho intramolecular Hbond substituents is 1. The van der Waals surface area contributed by atoms with Gasteiger partial charge in [-0.1, -0.05) is 24.3 Å². The minimum Gasteiger partial charge on any atom is -0.506 e. The zero-order chi connectivity index (χ0) is 26.5. The Morgan fingerprint density at radius 1 is 1.03 bits per heavy atom. The molecule has 9 nitrogen and oxygen atoms in total. The lowest BCUT2D eigenvalue weighted by molar-refractivity contribution is 0.0697. The van der Waals surface area contributed by atoms with Crippen molar-refractivity contribution in [1.82, 2.24) is 5.32 Å². The number of anilines is 1. The van der Waals surface area contributed by atoms with E-state index in [0.29, 0.717) is 18.7 Å². The minimum absolute atomic E-state index is 0.00417. The first-order valence-electron chi connectivity index (χ1n) is 11.2. The predicted octanol–water partition coefficient (Wildman–Crippen LogP) is 3.45. The second-order valence-corrected chi connectivity index (χ2v) is 10.2. The summed E-state index contributed by atoms with van der Waals surface area (Å²) in [5.41, 5.74) is 4.62. The molecule has 3 aromatic rings. The van der Waals surface area contributed by atoms with Crippen molar-refractivity contribution in [2.24, 2.45) is 0 Å². The zero-order valence-corrected chi connectivity index (χ0v) is 21.1. The van der Waals surface area contributed by atoms with E-state index in [1.807, 2.05) is 26.0 Å². The van der Waals surface area contributed by atoms with E-state index in [0.717, 1.165) is 34.3 Å². The van der Waals surface area contributed by atoms with Crippen LogP contribution in [0.1, 0.15) is 33.2 Å². The van der Waals surface area contributed by atoms with Crippen LogP contribution >= 0.6 is 0 Å². The van der Waals surface area contributed by atoms with Crippen molar-refractivity contribution >= 4 is 21.7 Å². The van der Waals surface area contributed by atoms with E-state index in [2.05, 4.69) is 10.0 Å². The molecule has 0 heterocycles. The quantitative estimate of drug-likeness (QED) is 0.193. The maximum atomic E-state index is 11.4.